The molecule has 3 aromatic rings. The Kier molecular flexibility index (Phi) is 6.49. The zero-order chi connectivity index (χ0) is 20.1. The van der Waals surface area contributed by atoms with Crippen LogP contribution in [-0.4, -0.2) is 34.2 Å². The van der Waals surface area contributed by atoms with Gasteiger partial charge in [0.05, 0.1) is 0 Å². The number of benzene rings is 1. The van der Waals surface area contributed by atoms with Crippen molar-refractivity contribution in [2.24, 2.45) is 0 Å². The van der Waals surface area contributed by atoms with Crippen molar-refractivity contribution in [3.05, 3.63) is 70.5 Å². The Balaban J connectivity index is 1.61. The first kappa shape index (κ1) is 20.1. The fourth-order valence-corrected chi connectivity index (χ4v) is 3.97. The molecule has 0 aliphatic rings. The van der Waals surface area contributed by atoms with Gasteiger partial charge in [0.2, 0.25) is 5.78 Å². The Morgan fingerprint density at radius 3 is 2.64 bits per heavy atom. The van der Waals surface area contributed by atoms with Gasteiger partial charge in [-0.05, 0) is 49.9 Å². The summed E-state index contributed by atoms with van der Waals surface area (Å²) in [4.78, 5) is 29.9. The molecule has 0 radical (unpaired) electrons. The van der Waals surface area contributed by atoms with Crippen LogP contribution in [0.5, 0.6) is 0 Å². The van der Waals surface area contributed by atoms with Crippen LogP contribution < -0.4 is 0 Å². The molecule has 0 aliphatic carbocycles. The van der Waals surface area contributed by atoms with Crippen LogP contribution in [0, 0.1) is 13.8 Å². The average Bonchev–Trinajstić information content (AvgIpc) is 3.32. The normalized spacial score (nSPS) is 11.1. The van der Waals surface area contributed by atoms with Crippen LogP contribution in [0.15, 0.2) is 52.9 Å². The lowest BCUT2D eigenvalue weighted by molar-refractivity contribution is -0.136. The number of ether oxygens (including phenoxy) is 1. The van der Waals surface area contributed by atoms with E-state index in [4.69, 9.17) is 4.74 Å². The van der Waals surface area contributed by atoms with Gasteiger partial charge in [-0.1, -0.05) is 12.1 Å². The van der Waals surface area contributed by atoms with Crippen molar-refractivity contribution in [2.45, 2.75) is 18.7 Å². The Hall–Kier alpha value is -2.64. The standard InChI is InChI=1S/C21H20N2O3S2/c1-14-12-18(15(2)23(14)21-22-10-11-28-21)19(24)13-26-20(25)9-6-16-4-7-17(27-3)8-5-16/h4-12H,13H2,1-3H3/b9-6+. The molecule has 0 bridgehead atoms. The number of ketones is 1. The second-order valence-electron chi connectivity index (χ2n) is 6.07. The number of thiazole rings is 1. The largest absolute Gasteiger partial charge is 0.454 e. The molecule has 0 saturated carbocycles. The maximum Gasteiger partial charge on any atom is 0.331 e. The lowest BCUT2D eigenvalue weighted by Gasteiger charge is -2.05. The summed E-state index contributed by atoms with van der Waals surface area (Å²) in [5.74, 6) is -0.780. The number of hydrogen-bond acceptors (Lipinski definition) is 6. The molecular weight excluding hydrogens is 392 g/mol. The third-order valence-corrected chi connectivity index (χ3v) is 5.72. The molecule has 3 rings (SSSR count). The molecule has 2 heterocycles. The lowest BCUT2D eigenvalue weighted by Crippen LogP contribution is -2.13. The van der Waals surface area contributed by atoms with Crippen molar-refractivity contribution in [1.82, 2.24) is 9.55 Å². The van der Waals surface area contributed by atoms with Gasteiger partial charge in [0.25, 0.3) is 0 Å². The molecule has 0 atom stereocenters. The summed E-state index contributed by atoms with van der Waals surface area (Å²) in [6, 6.07) is 9.62. The van der Waals surface area contributed by atoms with Crippen LogP contribution in [0.1, 0.15) is 27.3 Å². The first-order valence-corrected chi connectivity index (χ1v) is 10.7. The fourth-order valence-electron chi connectivity index (χ4n) is 2.81. The van der Waals surface area contributed by atoms with Crippen LogP contribution >= 0.6 is 23.1 Å². The number of rotatable bonds is 7. The third-order valence-electron chi connectivity index (χ3n) is 4.22. The summed E-state index contributed by atoms with van der Waals surface area (Å²) in [7, 11) is 0. The predicted octanol–water partition coefficient (Wildman–Crippen LogP) is 4.71. The molecular formula is C21H20N2O3S2. The van der Waals surface area contributed by atoms with Gasteiger partial charge < -0.3 is 4.74 Å². The van der Waals surface area contributed by atoms with Crippen LogP contribution in [-0.2, 0) is 9.53 Å². The summed E-state index contributed by atoms with van der Waals surface area (Å²) in [6.45, 7) is 3.49. The smallest absolute Gasteiger partial charge is 0.331 e. The first-order valence-electron chi connectivity index (χ1n) is 8.60. The number of hydrogen-bond donors (Lipinski definition) is 0. The minimum absolute atomic E-state index is 0.234. The maximum atomic E-state index is 12.5. The molecule has 0 amide bonds. The van der Waals surface area contributed by atoms with E-state index in [1.165, 1.54) is 17.4 Å². The van der Waals surface area contributed by atoms with E-state index in [1.807, 2.05) is 54.3 Å². The highest BCUT2D eigenvalue weighted by atomic mass is 32.2. The van der Waals surface area contributed by atoms with E-state index in [1.54, 1.807) is 30.1 Å². The predicted molar refractivity (Wildman–Crippen MR) is 113 cm³/mol. The van der Waals surface area contributed by atoms with Crippen LogP contribution in [0.4, 0.5) is 0 Å². The second kappa shape index (κ2) is 9.03. The monoisotopic (exact) mass is 412 g/mol. The Morgan fingerprint density at radius 2 is 2.00 bits per heavy atom. The molecule has 1 aromatic carbocycles. The zero-order valence-corrected chi connectivity index (χ0v) is 17.5. The number of thioether (sulfide) groups is 1. The van der Waals surface area contributed by atoms with Gasteiger partial charge in [-0.3, -0.25) is 9.36 Å². The van der Waals surface area contributed by atoms with Gasteiger partial charge in [0, 0.05) is 39.5 Å². The minimum Gasteiger partial charge on any atom is -0.454 e. The summed E-state index contributed by atoms with van der Waals surface area (Å²) in [5, 5.41) is 2.69. The number of aromatic nitrogens is 2. The fraction of sp³-hybridized carbons (Fsp3) is 0.190. The van der Waals surface area contributed by atoms with E-state index in [9.17, 15) is 9.59 Å². The summed E-state index contributed by atoms with van der Waals surface area (Å²) >= 11 is 3.15. The van der Waals surface area contributed by atoms with Crippen molar-refractivity contribution in [2.75, 3.05) is 12.9 Å². The molecule has 7 heteroatoms. The summed E-state index contributed by atoms with van der Waals surface area (Å²) < 4.78 is 7.05. The molecule has 0 aliphatic heterocycles. The highest BCUT2D eigenvalue weighted by Gasteiger charge is 2.18. The highest BCUT2D eigenvalue weighted by Crippen LogP contribution is 2.22. The van der Waals surface area contributed by atoms with Crippen molar-refractivity contribution in [1.29, 1.82) is 0 Å². The van der Waals surface area contributed by atoms with Gasteiger partial charge >= 0.3 is 5.97 Å². The van der Waals surface area contributed by atoms with Crippen LogP contribution in [0.3, 0.4) is 0 Å². The van der Waals surface area contributed by atoms with Gasteiger partial charge in [0.1, 0.15) is 0 Å². The number of Topliss-reactive ketones (excluding diaryl/α,β-unsaturated/α-hetero) is 1. The molecule has 5 nitrogen and oxygen atoms in total. The van der Waals surface area contributed by atoms with Gasteiger partial charge in [-0.25, -0.2) is 9.78 Å². The van der Waals surface area contributed by atoms with Crippen LogP contribution in [0.25, 0.3) is 11.2 Å². The number of carbonyl (C=O) groups excluding carboxylic acids is 2. The van der Waals surface area contributed by atoms with Crippen molar-refractivity contribution >= 4 is 40.9 Å². The molecule has 0 saturated heterocycles. The first-order chi connectivity index (χ1) is 13.5. The Labute approximate surface area is 172 Å². The van der Waals surface area contributed by atoms with Gasteiger partial charge in [-0.15, -0.1) is 23.1 Å². The zero-order valence-electron chi connectivity index (χ0n) is 15.8. The second-order valence-corrected chi connectivity index (χ2v) is 7.82. The lowest BCUT2D eigenvalue weighted by atomic mass is 10.1. The Morgan fingerprint density at radius 1 is 1.25 bits per heavy atom. The molecule has 0 unspecified atom stereocenters. The minimum atomic E-state index is -0.545. The molecule has 2 aromatic heterocycles. The van der Waals surface area contributed by atoms with E-state index < -0.39 is 5.97 Å². The Bertz CT molecular complexity index is 1000. The number of nitrogens with zero attached hydrogens (tertiary/aromatic N) is 2. The molecule has 0 N–H and O–H groups in total. The molecule has 144 valence electrons. The highest BCUT2D eigenvalue weighted by molar-refractivity contribution is 7.98. The van der Waals surface area contributed by atoms with Crippen molar-refractivity contribution in [3.8, 4) is 5.13 Å². The topological polar surface area (TPSA) is 61.2 Å². The number of aryl methyl sites for hydroxylation is 1. The van der Waals surface area contributed by atoms with Crippen molar-refractivity contribution < 1.29 is 14.3 Å². The van der Waals surface area contributed by atoms with Crippen molar-refractivity contribution in [3.63, 3.8) is 0 Å². The van der Waals surface area contributed by atoms with Gasteiger partial charge in [0.15, 0.2) is 11.7 Å². The SMILES string of the molecule is CSc1ccc(/C=C/C(=O)OCC(=O)c2cc(C)n(-c3nccs3)c2C)cc1. The molecule has 0 spiro atoms. The third kappa shape index (κ3) is 4.61. The average molecular weight is 413 g/mol. The summed E-state index contributed by atoms with van der Waals surface area (Å²) in [5.41, 5.74) is 3.14. The maximum absolute atomic E-state index is 12.5. The van der Waals surface area contributed by atoms with E-state index in [-0.39, 0.29) is 12.4 Å². The number of carbonyl (C=O) groups is 2. The van der Waals surface area contributed by atoms with Crippen LogP contribution in [0.2, 0.25) is 0 Å². The van der Waals surface area contributed by atoms with E-state index in [0.717, 1.165) is 27.0 Å². The van der Waals surface area contributed by atoms with E-state index in [2.05, 4.69) is 4.98 Å². The quantitative estimate of drug-likeness (QED) is 0.243. The van der Waals surface area contributed by atoms with Gasteiger partial charge in [-0.2, -0.15) is 0 Å². The molecule has 28 heavy (non-hydrogen) atoms. The van der Waals surface area contributed by atoms with E-state index in [0.29, 0.717) is 5.56 Å². The summed E-state index contributed by atoms with van der Waals surface area (Å²) in [6.07, 6.45) is 6.74. The van der Waals surface area contributed by atoms with E-state index >= 15 is 0 Å². The number of esters is 1. The molecule has 0 fully saturated rings.